The number of nitriles is 1. The lowest BCUT2D eigenvalue weighted by Crippen LogP contribution is -2.63. The Hall–Kier alpha value is -4.58. The number of aromatic nitrogens is 3. The molecule has 0 radical (unpaired) electrons. The Morgan fingerprint density at radius 1 is 1.16 bits per heavy atom. The Labute approximate surface area is 222 Å². The Morgan fingerprint density at radius 2 is 1.95 bits per heavy atom. The largest absolute Gasteiger partial charge is 0.497 e. The molecule has 9 nitrogen and oxygen atoms in total. The lowest BCUT2D eigenvalue weighted by molar-refractivity contribution is 0.121. The van der Waals surface area contributed by atoms with Crippen molar-refractivity contribution in [2.45, 2.75) is 32.4 Å². The SMILES string of the molecule is COc1cccc([C@H](C)NC(=O)N2CCN(c3ncnc4[nH]c(-c5ccc(C#N)cc5)cc34)CC2(C)C)c1. The molecule has 0 saturated carbocycles. The molecule has 5 rings (SSSR count). The fourth-order valence-corrected chi connectivity index (χ4v) is 5.03. The number of methoxy groups -OCH3 is 1. The number of anilines is 1. The molecule has 194 valence electrons. The van der Waals surface area contributed by atoms with Gasteiger partial charge in [-0.15, -0.1) is 0 Å². The number of nitrogens with one attached hydrogen (secondary N) is 2. The zero-order valence-electron chi connectivity index (χ0n) is 22.0. The van der Waals surface area contributed by atoms with Crippen LogP contribution in [0.5, 0.6) is 5.75 Å². The second-order valence-electron chi connectivity index (χ2n) is 10.2. The summed E-state index contributed by atoms with van der Waals surface area (Å²) in [5.41, 5.74) is 3.81. The van der Waals surface area contributed by atoms with Gasteiger partial charge in [-0.2, -0.15) is 5.26 Å². The first-order valence-electron chi connectivity index (χ1n) is 12.6. The third-order valence-electron chi connectivity index (χ3n) is 7.11. The van der Waals surface area contributed by atoms with E-state index in [1.807, 2.05) is 54.3 Å². The molecule has 2 amide bonds. The molecule has 0 spiro atoms. The number of amides is 2. The number of rotatable bonds is 5. The van der Waals surface area contributed by atoms with Gasteiger partial charge in [0.05, 0.1) is 35.7 Å². The van der Waals surface area contributed by atoms with E-state index >= 15 is 0 Å². The Bertz CT molecular complexity index is 1500. The van der Waals surface area contributed by atoms with Gasteiger partial charge in [0.1, 0.15) is 23.5 Å². The summed E-state index contributed by atoms with van der Waals surface area (Å²) in [6.07, 6.45) is 1.57. The van der Waals surface area contributed by atoms with Crippen LogP contribution in [0.4, 0.5) is 10.6 Å². The highest BCUT2D eigenvalue weighted by atomic mass is 16.5. The molecule has 1 aliphatic rings. The number of carbonyl (C=O) groups excluding carboxylic acids is 1. The maximum atomic E-state index is 13.3. The zero-order chi connectivity index (χ0) is 26.9. The minimum Gasteiger partial charge on any atom is -0.497 e. The highest BCUT2D eigenvalue weighted by Gasteiger charge is 2.38. The number of carbonyl (C=O) groups is 1. The number of fused-ring (bicyclic) bond motifs is 1. The Balaban J connectivity index is 1.33. The summed E-state index contributed by atoms with van der Waals surface area (Å²) in [7, 11) is 1.64. The van der Waals surface area contributed by atoms with Gasteiger partial charge < -0.3 is 24.8 Å². The van der Waals surface area contributed by atoms with Crippen molar-refractivity contribution in [1.82, 2.24) is 25.2 Å². The van der Waals surface area contributed by atoms with E-state index in [2.05, 4.69) is 45.1 Å². The van der Waals surface area contributed by atoms with E-state index in [-0.39, 0.29) is 12.1 Å². The summed E-state index contributed by atoms with van der Waals surface area (Å²) < 4.78 is 5.33. The molecule has 0 bridgehead atoms. The quantitative estimate of drug-likeness (QED) is 0.397. The summed E-state index contributed by atoms with van der Waals surface area (Å²) in [4.78, 5) is 29.9. The van der Waals surface area contributed by atoms with Crippen LogP contribution in [0.3, 0.4) is 0 Å². The van der Waals surface area contributed by atoms with E-state index in [1.165, 1.54) is 0 Å². The van der Waals surface area contributed by atoms with Crippen LogP contribution in [0, 0.1) is 11.3 Å². The predicted molar refractivity (Wildman–Crippen MR) is 147 cm³/mol. The van der Waals surface area contributed by atoms with Crippen LogP contribution in [-0.4, -0.2) is 58.2 Å². The Kier molecular flexibility index (Phi) is 6.64. The van der Waals surface area contributed by atoms with Crippen LogP contribution in [-0.2, 0) is 0 Å². The van der Waals surface area contributed by atoms with Gasteiger partial charge in [-0.25, -0.2) is 14.8 Å². The fourth-order valence-electron chi connectivity index (χ4n) is 5.03. The van der Waals surface area contributed by atoms with E-state index in [4.69, 9.17) is 10.00 Å². The first-order valence-corrected chi connectivity index (χ1v) is 12.6. The molecule has 2 aromatic carbocycles. The van der Waals surface area contributed by atoms with Crippen molar-refractivity contribution in [1.29, 1.82) is 5.26 Å². The monoisotopic (exact) mass is 509 g/mol. The van der Waals surface area contributed by atoms with Crippen molar-refractivity contribution in [3.8, 4) is 23.1 Å². The van der Waals surface area contributed by atoms with E-state index in [0.29, 0.717) is 25.2 Å². The number of aromatic amines is 1. The third-order valence-corrected chi connectivity index (χ3v) is 7.11. The zero-order valence-corrected chi connectivity index (χ0v) is 22.0. The number of urea groups is 1. The number of ether oxygens (including phenoxy) is 1. The molecule has 38 heavy (non-hydrogen) atoms. The summed E-state index contributed by atoms with van der Waals surface area (Å²) >= 11 is 0. The molecule has 3 heterocycles. The van der Waals surface area contributed by atoms with Gasteiger partial charge in [0.15, 0.2) is 0 Å². The van der Waals surface area contributed by atoms with Gasteiger partial charge in [-0.3, -0.25) is 0 Å². The molecular formula is C29H31N7O2. The number of H-pyrrole nitrogens is 1. The van der Waals surface area contributed by atoms with Crippen LogP contribution < -0.4 is 15.0 Å². The molecule has 0 unspecified atom stereocenters. The van der Waals surface area contributed by atoms with Crippen LogP contribution in [0.25, 0.3) is 22.3 Å². The molecule has 2 N–H and O–H groups in total. The van der Waals surface area contributed by atoms with Gasteiger partial charge in [0.2, 0.25) is 0 Å². The molecule has 9 heteroatoms. The van der Waals surface area contributed by atoms with Gasteiger partial charge in [-0.1, -0.05) is 24.3 Å². The predicted octanol–water partition coefficient (Wildman–Crippen LogP) is 4.88. The van der Waals surface area contributed by atoms with E-state index in [0.717, 1.165) is 39.4 Å². The average molecular weight is 510 g/mol. The molecule has 1 fully saturated rings. The van der Waals surface area contributed by atoms with Crippen molar-refractivity contribution >= 4 is 22.9 Å². The normalized spacial score (nSPS) is 15.7. The van der Waals surface area contributed by atoms with Crippen LogP contribution in [0.1, 0.15) is 37.9 Å². The van der Waals surface area contributed by atoms with E-state index in [9.17, 15) is 4.79 Å². The smallest absolute Gasteiger partial charge is 0.318 e. The van der Waals surface area contributed by atoms with Crippen molar-refractivity contribution in [2.24, 2.45) is 0 Å². The van der Waals surface area contributed by atoms with Crippen molar-refractivity contribution in [3.05, 3.63) is 72.1 Å². The number of hydrogen-bond acceptors (Lipinski definition) is 6. The Morgan fingerprint density at radius 3 is 2.66 bits per heavy atom. The van der Waals surface area contributed by atoms with Gasteiger partial charge >= 0.3 is 6.03 Å². The molecular weight excluding hydrogens is 478 g/mol. The van der Waals surface area contributed by atoms with Crippen molar-refractivity contribution in [2.75, 3.05) is 31.6 Å². The lowest BCUT2D eigenvalue weighted by atomic mass is 9.98. The summed E-state index contributed by atoms with van der Waals surface area (Å²) in [6.45, 7) is 7.96. The topological polar surface area (TPSA) is 110 Å². The molecule has 1 saturated heterocycles. The minimum absolute atomic E-state index is 0.0949. The molecule has 4 aromatic rings. The number of benzene rings is 2. The maximum Gasteiger partial charge on any atom is 0.318 e. The minimum atomic E-state index is -0.431. The second-order valence-corrected chi connectivity index (χ2v) is 10.2. The van der Waals surface area contributed by atoms with Crippen molar-refractivity contribution in [3.63, 3.8) is 0 Å². The van der Waals surface area contributed by atoms with E-state index < -0.39 is 5.54 Å². The molecule has 0 aliphatic carbocycles. The first-order chi connectivity index (χ1) is 18.3. The number of piperazine rings is 1. The summed E-state index contributed by atoms with van der Waals surface area (Å²) in [5.74, 6) is 1.60. The van der Waals surface area contributed by atoms with Crippen LogP contribution in [0.2, 0.25) is 0 Å². The number of nitrogens with zero attached hydrogens (tertiary/aromatic N) is 5. The first kappa shape index (κ1) is 25.1. The van der Waals surface area contributed by atoms with Crippen molar-refractivity contribution < 1.29 is 9.53 Å². The lowest BCUT2D eigenvalue weighted by Gasteiger charge is -2.47. The summed E-state index contributed by atoms with van der Waals surface area (Å²) in [5, 5.41) is 13.2. The second kappa shape index (κ2) is 10.1. The van der Waals surface area contributed by atoms with Crippen LogP contribution >= 0.6 is 0 Å². The average Bonchev–Trinajstić information content (AvgIpc) is 3.37. The third kappa shape index (κ3) is 4.85. The molecule has 2 aromatic heterocycles. The van der Waals surface area contributed by atoms with E-state index in [1.54, 1.807) is 25.6 Å². The summed E-state index contributed by atoms with van der Waals surface area (Å²) in [6, 6.07) is 19.1. The van der Waals surface area contributed by atoms with Gasteiger partial charge in [0, 0.05) is 25.3 Å². The van der Waals surface area contributed by atoms with Gasteiger partial charge in [-0.05, 0) is 62.2 Å². The maximum absolute atomic E-state index is 13.3. The highest BCUT2D eigenvalue weighted by molar-refractivity contribution is 5.92. The molecule has 1 atom stereocenters. The van der Waals surface area contributed by atoms with Gasteiger partial charge in [0.25, 0.3) is 0 Å². The fraction of sp³-hybridized carbons (Fsp3) is 0.310. The number of hydrogen-bond donors (Lipinski definition) is 2. The highest BCUT2D eigenvalue weighted by Crippen LogP contribution is 2.32. The van der Waals surface area contributed by atoms with Crippen LogP contribution in [0.15, 0.2) is 60.9 Å². The standard InChI is InChI=1S/C29H31N7O2/c1-19(22-6-5-7-23(14-22)38-4)33-28(37)36-13-12-35(17-29(36,2)3)27-24-15-25(34-26(24)31-18-32-27)21-10-8-20(16-30)9-11-21/h5-11,14-15,18-19H,12-13,17H2,1-4H3,(H,33,37)(H,31,32,34)/t19-/m0/s1. The molecule has 1 aliphatic heterocycles.